The maximum atomic E-state index is 12.1. The van der Waals surface area contributed by atoms with Crippen LogP contribution >= 0.6 is 0 Å². The first-order valence-corrected chi connectivity index (χ1v) is 8.29. The van der Waals surface area contributed by atoms with Gasteiger partial charge in [-0.3, -0.25) is 0 Å². The van der Waals surface area contributed by atoms with E-state index in [0.29, 0.717) is 23.3 Å². The van der Waals surface area contributed by atoms with Gasteiger partial charge in [0.2, 0.25) is 11.8 Å². The zero-order chi connectivity index (χ0) is 19.3. The molecule has 1 amide bonds. The minimum absolute atomic E-state index is 0.238. The van der Waals surface area contributed by atoms with Crippen LogP contribution in [-0.2, 0) is 0 Å². The van der Waals surface area contributed by atoms with E-state index in [4.69, 9.17) is 14.2 Å². The van der Waals surface area contributed by atoms with Gasteiger partial charge in [-0.05, 0) is 26.8 Å². The molecule has 1 unspecified atom stereocenters. The Balaban J connectivity index is 2.33. The number of rotatable bonds is 5. The highest BCUT2D eigenvalue weighted by molar-refractivity contribution is 5.71. The number of amides is 1. The highest BCUT2D eigenvalue weighted by Crippen LogP contribution is 2.31. The van der Waals surface area contributed by atoms with Crippen LogP contribution in [0.1, 0.15) is 45.0 Å². The van der Waals surface area contributed by atoms with Crippen molar-refractivity contribution in [2.45, 2.75) is 39.2 Å². The third-order valence-corrected chi connectivity index (χ3v) is 3.57. The van der Waals surface area contributed by atoms with Crippen LogP contribution in [0.4, 0.5) is 4.79 Å². The highest BCUT2D eigenvalue weighted by Gasteiger charge is 2.21. The third-order valence-electron chi connectivity index (χ3n) is 3.57. The van der Waals surface area contributed by atoms with Crippen molar-refractivity contribution in [1.29, 1.82) is 0 Å². The summed E-state index contributed by atoms with van der Waals surface area (Å²) in [5.41, 5.74) is 0.396. The summed E-state index contributed by atoms with van der Waals surface area (Å²) in [4.78, 5) is 20.9. The van der Waals surface area contributed by atoms with Gasteiger partial charge in [0, 0.05) is 17.0 Å². The number of carbonyl (C=O) groups is 1. The molecule has 7 nitrogen and oxygen atoms in total. The molecule has 0 radical (unpaired) electrons. The van der Waals surface area contributed by atoms with Crippen LogP contribution in [0.5, 0.6) is 17.5 Å². The normalized spacial score (nSPS) is 12.2. The molecule has 1 atom stereocenters. The van der Waals surface area contributed by atoms with Crippen LogP contribution in [0.2, 0.25) is 0 Å². The number of ether oxygens (including phenoxy) is 3. The molecule has 2 aromatic rings. The smallest absolute Gasteiger partial charge is 0.413 e. The van der Waals surface area contributed by atoms with Crippen LogP contribution in [0.3, 0.4) is 0 Å². The second-order valence-corrected chi connectivity index (χ2v) is 6.83. The zero-order valence-corrected chi connectivity index (χ0v) is 16.0. The lowest BCUT2D eigenvalue weighted by Gasteiger charge is -2.21. The molecule has 0 saturated heterocycles. The molecule has 0 aliphatic rings. The van der Waals surface area contributed by atoms with Crippen molar-refractivity contribution in [3.63, 3.8) is 0 Å². The van der Waals surface area contributed by atoms with E-state index >= 15 is 0 Å². The summed E-state index contributed by atoms with van der Waals surface area (Å²) in [7, 11) is 3.06. The van der Waals surface area contributed by atoms with Crippen molar-refractivity contribution < 1.29 is 19.0 Å². The van der Waals surface area contributed by atoms with Gasteiger partial charge in [0.25, 0.3) is 0 Å². The Morgan fingerprint density at radius 2 is 1.65 bits per heavy atom. The maximum absolute atomic E-state index is 12.1. The van der Waals surface area contributed by atoms with Gasteiger partial charge in [0.05, 0.1) is 20.3 Å². The molecule has 0 spiro atoms. The summed E-state index contributed by atoms with van der Waals surface area (Å²) < 4.78 is 15.9. The number of hydrogen-bond donors (Lipinski definition) is 1. The molecule has 1 aromatic heterocycles. The first kappa shape index (κ1) is 19.5. The van der Waals surface area contributed by atoms with E-state index < -0.39 is 6.09 Å². The van der Waals surface area contributed by atoms with Crippen LogP contribution in [0.15, 0.2) is 30.3 Å². The third kappa shape index (κ3) is 5.08. The monoisotopic (exact) mass is 359 g/mol. The number of methoxy groups -OCH3 is 2. The quantitative estimate of drug-likeness (QED) is 0.879. The van der Waals surface area contributed by atoms with Crippen molar-refractivity contribution >= 4 is 6.09 Å². The predicted molar refractivity (Wildman–Crippen MR) is 98.0 cm³/mol. The highest BCUT2D eigenvalue weighted by atomic mass is 16.6. The number of para-hydroxylation sites is 1. The topological polar surface area (TPSA) is 82.6 Å². The Morgan fingerprint density at radius 1 is 1.08 bits per heavy atom. The minimum Gasteiger partial charge on any atom is -0.481 e. The Labute approximate surface area is 153 Å². The Kier molecular flexibility index (Phi) is 6.02. The van der Waals surface area contributed by atoms with Crippen LogP contribution in [0, 0.1) is 0 Å². The van der Waals surface area contributed by atoms with Gasteiger partial charge in [0.15, 0.2) is 0 Å². The summed E-state index contributed by atoms with van der Waals surface area (Å²) in [6.45, 7) is 7.59. The zero-order valence-electron chi connectivity index (χ0n) is 16.0. The van der Waals surface area contributed by atoms with Gasteiger partial charge in [-0.15, -0.1) is 0 Å². The summed E-state index contributed by atoms with van der Waals surface area (Å²) >= 11 is 0. The lowest BCUT2D eigenvalue weighted by molar-refractivity contribution is 0.190. The molecular formula is C19H25N3O4. The van der Waals surface area contributed by atoms with Gasteiger partial charge in [-0.1, -0.05) is 25.1 Å². The molecule has 7 heteroatoms. The van der Waals surface area contributed by atoms with Crippen LogP contribution in [-0.4, -0.2) is 35.8 Å². The summed E-state index contributed by atoms with van der Waals surface area (Å²) in [5.74, 6) is 1.53. The summed E-state index contributed by atoms with van der Waals surface area (Å²) in [6, 6.07) is 8.90. The standard InChI is InChI=1S/C19H25N3O4/c1-12(17-20-15(24-5)11-16(21-17)25-6)13-9-7-8-10-14(13)26-18(23)22-19(2,3)4/h7-12H,1-6H3,(H,22,23). The summed E-state index contributed by atoms with van der Waals surface area (Å²) in [5, 5.41) is 2.78. The van der Waals surface area contributed by atoms with Crippen molar-refractivity contribution in [1.82, 2.24) is 15.3 Å². The average molecular weight is 359 g/mol. The predicted octanol–water partition coefficient (Wildman–Crippen LogP) is 3.53. The molecule has 1 N–H and O–H groups in total. The maximum Gasteiger partial charge on any atom is 0.413 e. The van der Waals surface area contributed by atoms with Crippen LogP contribution < -0.4 is 19.5 Å². The minimum atomic E-state index is -0.513. The largest absolute Gasteiger partial charge is 0.481 e. The Hall–Kier alpha value is -2.83. The number of nitrogens with zero attached hydrogens (tertiary/aromatic N) is 2. The molecule has 0 aliphatic heterocycles. The van der Waals surface area contributed by atoms with E-state index in [1.807, 2.05) is 45.9 Å². The van der Waals surface area contributed by atoms with Gasteiger partial charge in [0.1, 0.15) is 11.6 Å². The first-order valence-electron chi connectivity index (χ1n) is 8.29. The fourth-order valence-electron chi connectivity index (χ4n) is 2.33. The molecule has 0 aliphatic carbocycles. The molecule has 140 valence electrons. The van der Waals surface area contributed by atoms with Gasteiger partial charge >= 0.3 is 6.09 Å². The van der Waals surface area contributed by atoms with Crippen molar-refractivity contribution in [2.24, 2.45) is 0 Å². The fourth-order valence-corrected chi connectivity index (χ4v) is 2.33. The van der Waals surface area contributed by atoms with E-state index in [-0.39, 0.29) is 11.5 Å². The fraction of sp³-hybridized carbons (Fsp3) is 0.421. The van der Waals surface area contributed by atoms with E-state index in [1.165, 1.54) is 14.2 Å². The van der Waals surface area contributed by atoms with Crippen molar-refractivity contribution in [2.75, 3.05) is 14.2 Å². The Bertz CT molecular complexity index is 749. The molecule has 2 rings (SSSR count). The summed E-state index contributed by atoms with van der Waals surface area (Å²) in [6.07, 6.45) is -0.513. The molecule has 0 bridgehead atoms. The lowest BCUT2D eigenvalue weighted by Crippen LogP contribution is -2.42. The average Bonchev–Trinajstić information content (AvgIpc) is 2.59. The number of benzene rings is 1. The number of hydrogen-bond acceptors (Lipinski definition) is 6. The van der Waals surface area contributed by atoms with Gasteiger partial charge < -0.3 is 19.5 Å². The van der Waals surface area contributed by atoms with Crippen LogP contribution in [0.25, 0.3) is 0 Å². The first-order chi connectivity index (χ1) is 12.2. The molecule has 0 fully saturated rings. The molecule has 0 saturated carbocycles. The molecular weight excluding hydrogens is 334 g/mol. The van der Waals surface area contributed by atoms with E-state index in [2.05, 4.69) is 15.3 Å². The van der Waals surface area contributed by atoms with Gasteiger partial charge in [-0.2, -0.15) is 9.97 Å². The number of aromatic nitrogens is 2. The van der Waals surface area contributed by atoms with Crippen molar-refractivity contribution in [3.8, 4) is 17.5 Å². The number of nitrogens with one attached hydrogen (secondary N) is 1. The molecule has 1 aromatic carbocycles. The van der Waals surface area contributed by atoms with Crippen molar-refractivity contribution in [3.05, 3.63) is 41.7 Å². The number of carbonyl (C=O) groups excluding carboxylic acids is 1. The SMILES string of the molecule is COc1cc(OC)nc(C(C)c2ccccc2OC(=O)NC(C)(C)C)n1. The second kappa shape index (κ2) is 8.03. The van der Waals surface area contributed by atoms with E-state index in [1.54, 1.807) is 12.1 Å². The van der Waals surface area contributed by atoms with Gasteiger partial charge in [-0.25, -0.2) is 4.79 Å². The molecule has 26 heavy (non-hydrogen) atoms. The van der Waals surface area contributed by atoms with E-state index in [9.17, 15) is 4.79 Å². The second-order valence-electron chi connectivity index (χ2n) is 6.83. The van der Waals surface area contributed by atoms with E-state index in [0.717, 1.165) is 5.56 Å². The molecule has 1 heterocycles. The Morgan fingerprint density at radius 3 is 2.19 bits per heavy atom. The lowest BCUT2D eigenvalue weighted by atomic mass is 9.99.